The highest BCUT2D eigenvalue weighted by Gasteiger charge is 2.51. The Bertz CT molecular complexity index is 382. The largest absolute Gasteiger partial charge is 0.510 e. The minimum absolute atomic E-state index is 0.163. The molecule has 114 valence electrons. The Hall–Kier alpha value is -0.770. The molecule has 3 aliphatic carbocycles. The maximum atomic E-state index is 11.8. The first kappa shape index (κ1) is 14.2. The lowest BCUT2D eigenvalue weighted by Crippen LogP contribution is -2.43. The molecule has 4 heteroatoms. The zero-order chi connectivity index (χ0) is 14.4. The Labute approximate surface area is 121 Å². The molecular weight excluding hydrogens is 254 g/mol. The topological polar surface area (TPSA) is 47.6 Å². The van der Waals surface area contributed by atoms with Crippen molar-refractivity contribution in [2.24, 2.45) is 17.3 Å². The fourth-order valence-corrected chi connectivity index (χ4v) is 4.49. The number of ether oxygens (including phenoxy) is 2. The molecule has 1 aliphatic heterocycles. The molecule has 0 aromatic rings. The lowest BCUT2D eigenvalue weighted by Gasteiger charge is -2.49. The molecule has 1 spiro atoms. The quantitative estimate of drug-likeness (QED) is 0.748. The van der Waals surface area contributed by atoms with E-state index in [0.29, 0.717) is 5.41 Å². The minimum atomic E-state index is -0.548. The molecular formula is C16H27NO3. The number of rotatable bonds is 1. The second-order valence-electron chi connectivity index (χ2n) is 7.94. The lowest BCUT2D eigenvalue weighted by molar-refractivity contribution is -0.0397. The van der Waals surface area contributed by atoms with Crippen molar-refractivity contribution in [3.8, 4) is 0 Å². The zero-order valence-corrected chi connectivity index (χ0v) is 12.9. The zero-order valence-electron chi connectivity index (χ0n) is 12.9. The van der Waals surface area contributed by atoms with Crippen molar-refractivity contribution in [3.05, 3.63) is 0 Å². The number of nitrogens with one attached hydrogen (secondary N) is 1. The van der Waals surface area contributed by atoms with Gasteiger partial charge in [0, 0.05) is 13.0 Å². The molecule has 0 aromatic heterocycles. The highest BCUT2D eigenvalue weighted by molar-refractivity contribution is 5.60. The summed E-state index contributed by atoms with van der Waals surface area (Å²) in [6.07, 6.45) is 7.12. The average Bonchev–Trinajstić information content (AvgIpc) is 2.71. The summed E-state index contributed by atoms with van der Waals surface area (Å²) < 4.78 is 10.7. The van der Waals surface area contributed by atoms with Crippen LogP contribution >= 0.6 is 0 Å². The Morgan fingerprint density at radius 3 is 2.40 bits per heavy atom. The first-order chi connectivity index (χ1) is 9.36. The van der Waals surface area contributed by atoms with Crippen LogP contribution < -0.4 is 5.32 Å². The molecule has 4 aliphatic rings. The van der Waals surface area contributed by atoms with E-state index in [-0.39, 0.29) is 6.23 Å². The summed E-state index contributed by atoms with van der Waals surface area (Å²) in [5.41, 5.74) is -0.106. The van der Waals surface area contributed by atoms with E-state index in [1.807, 2.05) is 20.8 Å². The van der Waals surface area contributed by atoms with Crippen LogP contribution in [0.5, 0.6) is 0 Å². The molecule has 3 saturated carbocycles. The molecule has 0 amide bonds. The smallest absolute Gasteiger partial charge is 0.429 e. The Morgan fingerprint density at radius 1 is 1.15 bits per heavy atom. The summed E-state index contributed by atoms with van der Waals surface area (Å²) in [6, 6.07) is 0. The van der Waals surface area contributed by atoms with Crippen molar-refractivity contribution in [2.75, 3.05) is 6.54 Å². The van der Waals surface area contributed by atoms with Gasteiger partial charge in [0.05, 0.1) is 0 Å². The maximum absolute atomic E-state index is 11.8. The predicted octanol–water partition coefficient (Wildman–Crippen LogP) is 3.45. The van der Waals surface area contributed by atoms with Crippen LogP contribution in [0.1, 0.15) is 59.3 Å². The van der Waals surface area contributed by atoms with Gasteiger partial charge in [0.25, 0.3) is 0 Å². The van der Waals surface area contributed by atoms with E-state index in [2.05, 4.69) is 5.32 Å². The van der Waals surface area contributed by atoms with Gasteiger partial charge in [-0.25, -0.2) is 4.79 Å². The van der Waals surface area contributed by atoms with Gasteiger partial charge in [0.15, 0.2) is 6.23 Å². The Morgan fingerprint density at radius 2 is 1.85 bits per heavy atom. The number of hydrogen-bond donors (Lipinski definition) is 1. The molecule has 2 bridgehead atoms. The van der Waals surface area contributed by atoms with Crippen LogP contribution in [0.25, 0.3) is 0 Å². The lowest BCUT2D eigenvalue weighted by atomic mass is 9.55. The molecule has 4 fully saturated rings. The van der Waals surface area contributed by atoms with Crippen LogP contribution in [0, 0.1) is 17.3 Å². The van der Waals surface area contributed by atoms with Crippen molar-refractivity contribution in [2.45, 2.75) is 71.1 Å². The molecule has 4 rings (SSSR count). The monoisotopic (exact) mass is 281 g/mol. The van der Waals surface area contributed by atoms with Crippen molar-refractivity contribution in [3.63, 3.8) is 0 Å². The number of carbonyl (C=O) groups excluding carboxylic acids is 1. The molecule has 2 atom stereocenters. The summed E-state index contributed by atoms with van der Waals surface area (Å²) in [6.45, 7) is 6.58. The molecule has 4 nitrogen and oxygen atoms in total. The van der Waals surface area contributed by atoms with Crippen LogP contribution in [0.15, 0.2) is 0 Å². The van der Waals surface area contributed by atoms with E-state index in [0.717, 1.165) is 24.8 Å². The van der Waals surface area contributed by atoms with Crippen LogP contribution in [-0.2, 0) is 9.47 Å². The van der Waals surface area contributed by atoms with Gasteiger partial charge in [0.2, 0.25) is 0 Å². The van der Waals surface area contributed by atoms with Crippen molar-refractivity contribution in [1.29, 1.82) is 0 Å². The maximum Gasteiger partial charge on any atom is 0.510 e. The molecule has 0 radical (unpaired) electrons. The molecule has 0 aromatic carbocycles. The number of fused-ring (bicyclic) bond motifs is 2. The third kappa shape index (κ3) is 2.80. The third-order valence-electron chi connectivity index (χ3n) is 5.31. The van der Waals surface area contributed by atoms with Gasteiger partial charge in [0.1, 0.15) is 5.60 Å². The second-order valence-corrected chi connectivity index (χ2v) is 7.94. The van der Waals surface area contributed by atoms with Gasteiger partial charge < -0.3 is 9.47 Å². The molecule has 1 saturated heterocycles. The molecule has 20 heavy (non-hydrogen) atoms. The SMILES string of the molecule is CC(C)(C)OC(=O)OC1CC2(CN1)CC1CCC2CC1. The molecule has 1 N–H and O–H groups in total. The third-order valence-corrected chi connectivity index (χ3v) is 5.31. The van der Waals surface area contributed by atoms with Crippen molar-refractivity contribution in [1.82, 2.24) is 5.32 Å². The normalized spacial score (nSPS) is 40.0. The van der Waals surface area contributed by atoms with E-state index in [1.165, 1.54) is 32.1 Å². The van der Waals surface area contributed by atoms with Gasteiger partial charge in [-0.15, -0.1) is 0 Å². The number of hydrogen-bond acceptors (Lipinski definition) is 4. The second kappa shape index (κ2) is 4.90. The van der Waals surface area contributed by atoms with E-state index in [4.69, 9.17) is 9.47 Å². The standard InChI is InChI=1S/C16H27NO3/c1-15(2,3)20-14(18)19-13-9-16(10-17-13)8-11-4-6-12(16)7-5-11/h11-13,17H,4-10H2,1-3H3. The predicted molar refractivity (Wildman–Crippen MR) is 76.2 cm³/mol. The number of carbonyl (C=O) groups is 1. The summed E-state index contributed by atoms with van der Waals surface area (Å²) in [5.74, 6) is 1.73. The highest BCUT2D eigenvalue weighted by Crippen LogP contribution is 2.56. The van der Waals surface area contributed by atoms with Gasteiger partial charge >= 0.3 is 6.16 Å². The molecule has 2 unspecified atom stereocenters. The van der Waals surface area contributed by atoms with Gasteiger partial charge in [-0.1, -0.05) is 12.8 Å². The first-order valence-corrected chi connectivity index (χ1v) is 7.99. The van der Waals surface area contributed by atoms with E-state index < -0.39 is 11.8 Å². The van der Waals surface area contributed by atoms with Gasteiger partial charge in [-0.05, 0) is 57.3 Å². The van der Waals surface area contributed by atoms with E-state index in [1.54, 1.807) is 0 Å². The van der Waals surface area contributed by atoms with Crippen LogP contribution in [0.2, 0.25) is 0 Å². The minimum Gasteiger partial charge on any atom is -0.429 e. The van der Waals surface area contributed by atoms with Crippen LogP contribution in [0.3, 0.4) is 0 Å². The highest BCUT2D eigenvalue weighted by atomic mass is 16.7. The average molecular weight is 281 g/mol. The van der Waals surface area contributed by atoms with Gasteiger partial charge in [-0.3, -0.25) is 5.32 Å². The fraction of sp³-hybridized carbons (Fsp3) is 0.938. The summed E-state index contributed by atoms with van der Waals surface area (Å²) >= 11 is 0. The fourth-order valence-electron chi connectivity index (χ4n) is 4.49. The van der Waals surface area contributed by atoms with E-state index >= 15 is 0 Å². The van der Waals surface area contributed by atoms with Crippen LogP contribution in [-0.4, -0.2) is 24.5 Å². The van der Waals surface area contributed by atoms with Crippen molar-refractivity contribution < 1.29 is 14.3 Å². The van der Waals surface area contributed by atoms with Crippen LogP contribution in [0.4, 0.5) is 4.79 Å². The van der Waals surface area contributed by atoms with Gasteiger partial charge in [-0.2, -0.15) is 0 Å². The Kier molecular flexibility index (Phi) is 3.47. The van der Waals surface area contributed by atoms with E-state index in [9.17, 15) is 4.79 Å². The molecule has 1 heterocycles. The summed E-state index contributed by atoms with van der Waals surface area (Å²) in [5, 5.41) is 3.40. The summed E-state index contributed by atoms with van der Waals surface area (Å²) in [4.78, 5) is 11.8. The Balaban J connectivity index is 1.56. The van der Waals surface area contributed by atoms with Crippen molar-refractivity contribution >= 4 is 6.16 Å². The summed E-state index contributed by atoms with van der Waals surface area (Å²) in [7, 11) is 0. The first-order valence-electron chi connectivity index (χ1n) is 7.99.